The summed E-state index contributed by atoms with van der Waals surface area (Å²) in [6.07, 6.45) is 5.31. The highest BCUT2D eigenvalue weighted by atomic mass is 16.2. The molecule has 2 aliphatic rings. The van der Waals surface area contributed by atoms with E-state index >= 15 is 0 Å². The van der Waals surface area contributed by atoms with Crippen LogP contribution in [-0.4, -0.2) is 41.3 Å². The molecule has 2 aromatic rings. The van der Waals surface area contributed by atoms with E-state index in [1.807, 2.05) is 30.3 Å². The normalized spacial score (nSPS) is 23.5. The number of fused-ring (bicyclic) bond motifs is 1. The summed E-state index contributed by atoms with van der Waals surface area (Å²) in [5, 5.41) is 11.8. The van der Waals surface area contributed by atoms with Crippen molar-refractivity contribution in [1.29, 1.82) is 0 Å². The molecule has 8 nitrogen and oxygen atoms in total. The minimum absolute atomic E-state index is 0.00381. The first-order valence-corrected chi connectivity index (χ1v) is 13.6. The summed E-state index contributed by atoms with van der Waals surface area (Å²) in [5.41, 5.74) is 0.951. The number of hydrogen-bond donors (Lipinski definition) is 4. The van der Waals surface area contributed by atoms with Gasteiger partial charge in [0.15, 0.2) is 0 Å². The van der Waals surface area contributed by atoms with Crippen LogP contribution in [0, 0.1) is 5.92 Å². The summed E-state index contributed by atoms with van der Waals surface area (Å²) in [6.45, 7) is 3.28. The molecule has 4 amide bonds. The molecule has 0 aromatic heterocycles. The van der Waals surface area contributed by atoms with Gasteiger partial charge < -0.3 is 21.3 Å². The van der Waals surface area contributed by atoms with Crippen LogP contribution in [-0.2, 0) is 32.0 Å². The summed E-state index contributed by atoms with van der Waals surface area (Å²) < 4.78 is 0. The summed E-state index contributed by atoms with van der Waals surface area (Å²) in [4.78, 5) is 53.3. The molecular formula is C30H38N4O4. The van der Waals surface area contributed by atoms with Crippen LogP contribution >= 0.6 is 0 Å². The third kappa shape index (κ3) is 7.21. The SMILES string of the molecule is CC1(C)NC(=O)Cc2ccccc2NC(=O)C[C@H](Cc2ccccc2)NC(=O)[C@@H](C2CCCCC2)NC1=O. The lowest BCUT2D eigenvalue weighted by molar-refractivity contribution is -0.136. The molecule has 38 heavy (non-hydrogen) atoms. The van der Waals surface area contributed by atoms with Gasteiger partial charge in [0.05, 0.1) is 6.42 Å². The van der Waals surface area contributed by atoms with Gasteiger partial charge in [-0.2, -0.15) is 0 Å². The molecule has 202 valence electrons. The maximum absolute atomic E-state index is 13.7. The number of para-hydroxylation sites is 1. The molecule has 0 bridgehead atoms. The molecule has 1 saturated carbocycles. The topological polar surface area (TPSA) is 116 Å². The van der Waals surface area contributed by atoms with Crippen LogP contribution in [0.5, 0.6) is 0 Å². The molecule has 0 unspecified atom stereocenters. The van der Waals surface area contributed by atoms with E-state index < -0.39 is 23.5 Å². The van der Waals surface area contributed by atoms with Crippen LogP contribution in [0.4, 0.5) is 5.69 Å². The molecule has 2 aromatic carbocycles. The Hall–Kier alpha value is -3.68. The van der Waals surface area contributed by atoms with E-state index in [1.54, 1.807) is 38.1 Å². The van der Waals surface area contributed by atoms with Gasteiger partial charge in [-0.15, -0.1) is 0 Å². The second-order valence-corrected chi connectivity index (χ2v) is 11.0. The molecule has 4 rings (SSSR count). The Morgan fingerprint density at radius 1 is 0.816 bits per heavy atom. The van der Waals surface area contributed by atoms with E-state index in [4.69, 9.17) is 0 Å². The number of anilines is 1. The van der Waals surface area contributed by atoms with Crippen molar-refractivity contribution in [2.75, 3.05) is 5.32 Å². The average Bonchev–Trinajstić information content (AvgIpc) is 2.88. The lowest BCUT2D eigenvalue weighted by atomic mass is 9.83. The van der Waals surface area contributed by atoms with Crippen molar-refractivity contribution in [3.8, 4) is 0 Å². The van der Waals surface area contributed by atoms with Gasteiger partial charge in [-0.1, -0.05) is 67.8 Å². The quantitative estimate of drug-likeness (QED) is 0.499. The largest absolute Gasteiger partial charge is 0.351 e. The minimum atomic E-state index is -1.23. The summed E-state index contributed by atoms with van der Waals surface area (Å²) in [6, 6.07) is 15.6. The maximum Gasteiger partial charge on any atom is 0.245 e. The zero-order valence-electron chi connectivity index (χ0n) is 22.2. The van der Waals surface area contributed by atoms with Gasteiger partial charge in [0, 0.05) is 18.2 Å². The van der Waals surface area contributed by atoms with Crippen molar-refractivity contribution < 1.29 is 19.2 Å². The van der Waals surface area contributed by atoms with Gasteiger partial charge in [-0.25, -0.2) is 0 Å². The van der Waals surface area contributed by atoms with Gasteiger partial charge in [0.25, 0.3) is 0 Å². The Morgan fingerprint density at radius 2 is 1.50 bits per heavy atom. The number of carbonyl (C=O) groups excluding carboxylic acids is 4. The standard InChI is InChI=1S/C30H38N4O4/c1-30(2)29(38)33-27(21-13-7-4-8-14-21)28(37)31-23(17-20-11-5-3-6-12-20)19-25(35)32-24-16-10-9-15-22(24)18-26(36)34-30/h3,5-6,9-12,15-16,21,23,27H,4,7-8,13-14,17-19H2,1-2H3,(H,31,37)(H,32,35)(H,33,38)(H,34,36)/t23-,27+/m0/s1. The Kier molecular flexibility index (Phi) is 8.81. The van der Waals surface area contributed by atoms with Crippen LogP contribution < -0.4 is 21.3 Å². The van der Waals surface area contributed by atoms with E-state index in [9.17, 15) is 19.2 Å². The molecule has 0 saturated heterocycles. The fraction of sp³-hybridized carbons (Fsp3) is 0.467. The van der Waals surface area contributed by atoms with E-state index in [1.165, 1.54) is 0 Å². The minimum Gasteiger partial charge on any atom is -0.351 e. The van der Waals surface area contributed by atoms with Gasteiger partial charge in [0.1, 0.15) is 11.6 Å². The predicted molar refractivity (Wildman–Crippen MR) is 146 cm³/mol. The predicted octanol–water partition coefficient (Wildman–Crippen LogP) is 3.26. The van der Waals surface area contributed by atoms with Crippen LogP contribution in [0.3, 0.4) is 0 Å². The number of benzene rings is 2. The number of rotatable bonds is 3. The van der Waals surface area contributed by atoms with Crippen molar-refractivity contribution in [3.63, 3.8) is 0 Å². The number of carbonyl (C=O) groups is 4. The highest BCUT2D eigenvalue weighted by Crippen LogP contribution is 2.27. The number of hydrogen-bond acceptors (Lipinski definition) is 4. The van der Waals surface area contributed by atoms with E-state index in [0.29, 0.717) is 17.7 Å². The Morgan fingerprint density at radius 3 is 2.24 bits per heavy atom. The van der Waals surface area contributed by atoms with Crippen LogP contribution in [0.15, 0.2) is 54.6 Å². The molecule has 1 heterocycles. The third-order valence-electron chi connectivity index (χ3n) is 7.46. The fourth-order valence-corrected chi connectivity index (χ4v) is 5.39. The first-order chi connectivity index (χ1) is 18.2. The van der Waals surface area contributed by atoms with E-state index in [2.05, 4.69) is 21.3 Å². The zero-order valence-corrected chi connectivity index (χ0v) is 22.2. The summed E-state index contributed by atoms with van der Waals surface area (Å²) in [5.74, 6) is -1.31. The van der Waals surface area contributed by atoms with E-state index in [0.717, 1.165) is 37.7 Å². The highest BCUT2D eigenvalue weighted by molar-refractivity contribution is 5.97. The lowest BCUT2D eigenvalue weighted by Crippen LogP contribution is -2.61. The van der Waals surface area contributed by atoms with Crippen molar-refractivity contribution in [1.82, 2.24) is 16.0 Å². The monoisotopic (exact) mass is 518 g/mol. The first kappa shape index (κ1) is 27.4. The van der Waals surface area contributed by atoms with Crippen LogP contribution in [0.2, 0.25) is 0 Å². The summed E-state index contributed by atoms with van der Waals surface area (Å²) in [7, 11) is 0. The van der Waals surface area contributed by atoms with Crippen molar-refractivity contribution in [2.45, 2.75) is 82.8 Å². The van der Waals surface area contributed by atoms with Crippen molar-refractivity contribution in [2.24, 2.45) is 5.92 Å². The lowest BCUT2D eigenvalue weighted by Gasteiger charge is -2.34. The Bertz CT molecular complexity index is 1160. The smallest absolute Gasteiger partial charge is 0.245 e. The molecule has 1 aliphatic carbocycles. The molecule has 2 atom stereocenters. The van der Waals surface area contributed by atoms with Crippen molar-refractivity contribution >= 4 is 29.3 Å². The molecule has 4 N–H and O–H groups in total. The Balaban J connectivity index is 1.67. The first-order valence-electron chi connectivity index (χ1n) is 13.6. The maximum atomic E-state index is 13.7. The van der Waals surface area contributed by atoms with E-state index in [-0.39, 0.29) is 36.5 Å². The van der Waals surface area contributed by atoms with Gasteiger partial charge in [0.2, 0.25) is 23.6 Å². The molecule has 1 aliphatic heterocycles. The zero-order chi connectivity index (χ0) is 27.1. The molecule has 0 radical (unpaired) electrons. The molecule has 8 heteroatoms. The van der Waals surface area contributed by atoms with Crippen molar-refractivity contribution in [3.05, 3.63) is 65.7 Å². The summed E-state index contributed by atoms with van der Waals surface area (Å²) >= 11 is 0. The second kappa shape index (κ2) is 12.2. The highest BCUT2D eigenvalue weighted by Gasteiger charge is 2.37. The van der Waals surface area contributed by atoms with Gasteiger partial charge in [-0.05, 0) is 56.2 Å². The number of nitrogens with one attached hydrogen (secondary N) is 4. The molecule has 0 spiro atoms. The third-order valence-corrected chi connectivity index (χ3v) is 7.46. The fourth-order valence-electron chi connectivity index (χ4n) is 5.39. The van der Waals surface area contributed by atoms with Gasteiger partial charge >= 0.3 is 0 Å². The second-order valence-electron chi connectivity index (χ2n) is 11.0. The number of amides is 4. The molecular weight excluding hydrogens is 480 g/mol. The van der Waals surface area contributed by atoms with Crippen LogP contribution in [0.25, 0.3) is 0 Å². The molecule has 1 fully saturated rings. The van der Waals surface area contributed by atoms with Gasteiger partial charge in [-0.3, -0.25) is 19.2 Å². The van der Waals surface area contributed by atoms with Crippen LogP contribution in [0.1, 0.15) is 63.5 Å². The Labute approximate surface area is 224 Å². The average molecular weight is 519 g/mol.